The van der Waals surface area contributed by atoms with E-state index in [1.807, 2.05) is 13.8 Å². The second-order valence-corrected chi connectivity index (χ2v) is 5.31. The zero-order valence-corrected chi connectivity index (χ0v) is 10.6. The third-order valence-corrected chi connectivity index (χ3v) is 3.73. The number of piperidine rings is 1. The van der Waals surface area contributed by atoms with Crippen molar-refractivity contribution in [3.8, 4) is 0 Å². The highest BCUT2D eigenvalue weighted by Gasteiger charge is 2.42. The summed E-state index contributed by atoms with van der Waals surface area (Å²) in [5.41, 5.74) is -0.728. The van der Waals surface area contributed by atoms with Crippen molar-refractivity contribution in [1.29, 1.82) is 0 Å². The minimum absolute atomic E-state index is 0.0621. The standard InChI is InChI=1S/C12H21N3O2/c1-12(2)11(17)14-7-8-15(12)10(16)9-5-3-4-6-13-9/h9,13H,3-8H2,1-2H3,(H,14,17)/t9-/m0/s1. The van der Waals surface area contributed by atoms with Crippen LogP contribution in [0.4, 0.5) is 0 Å². The van der Waals surface area contributed by atoms with E-state index in [9.17, 15) is 9.59 Å². The summed E-state index contributed by atoms with van der Waals surface area (Å²) in [6.45, 7) is 5.68. The lowest BCUT2D eigenvalue weighted by Gasteiger charge is -2.43. The van der Waals surface area contributed by atoms with E-state index in [-0.39, 0.29) is 17.9 Å². The Balaban J connectivity index is 2.09. The number of amides is 2. The van der Waals surface area contributed by atoms with Gasteiger partial charge >= 0.3 is 0 Å². The Morgan fingerprint density at radius 2 is 2.12 bits per heavy atom. The van der Waals surface area contributed by atoms with Crippen LogP contribution < -0.4 is 10.6 Å². The quantitative estimate of drug-likeness (QED) is 0.670. The molecule has 2 amide bonds. The Hall–Kier alpha value is -1.10. The Morgan fingerprint density at radius 1 is 1.35 bits per heavy atom. The van der Waals surface area contributed by atoms with Gasteiger partial charge in [0.25, 0.3) is 0 Å². The van der Waals surface area contributed by atoms with Gasteiger partial charge in [-0.2, -0.15) is 0 Å². The molecule has 2 saturated heterocycles. The zero-order chi connectivity index (χ0) is 12.5. The van der Waals surface area contributed by atoms with Crippen LogP contribution in [0.25, 0.3) is 0 Å². The van der Waals surface area contributed by atoms with Gasteiger partial charge in [0.15, 0.2) is 0 Å². The van der Waals surface area contributed by atoms with Gasteiger partial charge in [-0.15, -0.1) is 0 Å². The Bertz CT molecular complexity index is 322. The first-order chi connectivity index (χ1) is 8.03. The normalized spacial score (nSPS) is 28.7. The number of carbonyl (C=O) groups excluding carboxylic acids is 2. The van der Waals surface area contributed by atoms with Crippen LogP contribution in [0.2, 0.25) is 0 Å². The van der Waals surface area contributed by atoms with Crippen molar-refractivity contribution in [2.75, 3.05) is 19.6 Å². The number of piperazine rings is 1. The molecule has 2 rings (SSSR count). The molecule has 2 fully saturated rings. The first-order valence-corrected chi connectivity index (χ1v) is 6.36. The molecule has 0 saturated carbocycles. The molecule has 0 bridgehead atoms. The summed E-state index contributed by atoms with van der Waals surface area (Å²) < 4.78 is 0. The maximum Gasteiger partial charge on any atom is 0.245 e. The first-order valence-electron chi connectivity index (χ1n) is 6.36. The minimum atomic E-state index is -0.728. The molecule has 0 aromatic rings. The van der Waals surface area contributed by atoms with E-state index in [4.69, 9.17) is 0 Å². The van der Waals surface area contributed by atoms with E-state index < -0.39 is 5.54 Å². The van der Waals surface area contributed by atoms with E-state index in [1.165, 1.54) is 0 Å². The van der Waals surface area contributed by atoms with E-state index in [1.54, 1.807) is 4.90 Å². The van der Waals surface area contributed by atoms with Gasteiger partial charge in [0, 0.05) is 13.1 Å². The number of nitrogens with zero attached hydrogens (tertiary/aromatic N) is 1. The number of carbonyl (C=O) groups is 2. The number of hydrogen-bond donors (Lipinski definition) is 2. The third-order valence-electron chi connectivity index (χ3n) is 3.73. The van der Waals surface area contributed by atoms with Crippen LogP contribution in [-0.4, -0.2) is 47.9 Å². The van der Waals surface area contributed by atoms with Crippen LogP contribution in [0.3, 0.4) is 0 Å². The van der Waals surface area contributed by atoms with E-state index in [2.05, 4.69) is 10.6 Å². The average Bonchev–Trinajstić information content (AvgIpc) is 2.33. The molecule has 0 spiro atoms. The van der Waals surface area contributed by atoms with Crippen LogP contribution in [0.5, 0.6) is 0 Å². The van der Waals surface area contributed by atoms with Gasteiger partial charge in [-0.3, -0.25) is 9.59 Å². The maximum atomic E-state index is 12.4. The Labute approximate surface area is 102 Å². The molecule has 5 nitrogen and oxygen atoms in total. The highest BCUT2D eigenvalue weighted by atomic mass is 16.2. The van der Waals surface area contributed by atoms with Crippen molar-refractivity contribution in [3.05, 3.63) is 0 Å². The average molecular weight is 239 g/mol. The van der Waals surface area contributed by atoms with E-state index >= 15 is 0 Å². The van der Waals surface area contributed by atoms with Gasteiger partial charge < -0.3 is 15.5 Å². The molecule has 0 aromatic carbocycles. The summed E-state index contributed by atoms with van der Waals surface area (Å²) in [6.07, 6.45) is 3.10. The van der Waals surface area contributed by atoms with Gasteiger partial charge in [-0.25, -0.2) is 0 Å². The molecule has 0 radical (unpaired) electrons. The van der Waals surface area contributed by atoms with Gasteiger partial charge in [0.1, 0.15) is 5.54 Å². The summed E-state index contributed by atoms with van der Waals surface area (Å²) in [6, 6.07) is -0.103. The number of hydrogen-bond acceptors (Lipinski definition) is 3. The van der Waals surface area contributed by atoms with E-state index in [0.717, 1.165) is 25.8 Å². The Kier molecular flexibility index (Phi) is 3.38. The molecule has 2 aliphatic heterocycles. The molecule has 17 heavy (non-hydrogen) atoms. The fraction of sp³-hybridized carbons (Fsp3) is 0.833. The molecule has 5 heteroatoms. The molecule has 96 valence electrons. The van der Waals surface area contributed by atoms with Crippen LogP contribution in [-0.2, 0) is 9.59 Å². The van der Waals surface area contributed by atoms with Crippen LogP contribution in [0, 0.1) is 0 Å². The molecule has 0 aromatic heterocycles. The van der Waals surface area contributed by atoms with Gasteiger partial charge in [-0.1, -0.05) is 6.42 Å². The predicted molar refractivity (Wildman–Crippen MR) is 64.4 cm³/mol. The summed E-state index contributed by atoms with van der Waals surface area (Å²) in [4.78, 5) is 25.9. The molecule has 2 N–H and O–H groups in total. The maximum absolute atomic E-state index is 12.4. The van der Waals surface area contributed by atoms with Crippen molar-refractivity contribution < 1.29 is 9.59 Å². The summed E-state index contributed by atoms with van der Waals surface area (Å²) >= 11 is 0. The number of nitrogens with one attached hydrogen (secondary N) is 2. The highest BCUT2D eigenvalue weighted by molar-refractivity contribution is 5.93. The van der Waals surface area contributed by atoms with Crippen molar-refractivity contribution in [1.82, 2.24) is 15.5 Å². The first kappa shape index (κ1) is 12.4. The van der Waals surface area contributed by atoms with Crippen LogP contribution >= 0.6 is 0 Å². The molecule has 0 unspecified atom stereocenters. The topological polar surface area (TPSA) is 61.4 Å². The van der Waals surface area contributed by atoms with Crippen molar-refractivity contribution in [2.45, 2.75) is 44.7 Å². The second kappa shape index (κ2) is 4.64. The largest absolute Gasteiger partial charge is 0.352 e. The lowest BCUT2D eigenvalue weighted by Crippen LogP contribution is -2.66. The molecular formula is C12H21N3O2. The summed E-state index contributed by atoms with van der Waals surface area (Å²) in [7, 11) is 0. The fourth-order valence-corrected chi connectivity index (χ4v) is 2.54. The predicted octanol–water partition coefficient (Wildman–Crippen LogP) is -0.134. The Morgan fingerprint density at radius 3 is 2.76 bits per heavy atom. The molecular weight excluding hydrogens is 218 g/mol. The zero-order valence-electron chi connectivity index (χ0n) is 10.6. The number of rotatable bonds is 1. The molecule has 2 heterocycles. The smallest absolute Gasteiger partial charge is 0.245 e. The SMILES string of the molecule is CC1(C)C(=O)NCCN1C(=O)[C@@H]1CCCCN1. The lowest BCUT2D eigenvalue weighted by atomic mass is 9.95. The fourth-order valence-electron chi connectivity index (χ4n) is 2.54. The lowest BCUT2D eigenvalue weighted by molar-refractivity contribution is -0.151. The molecule has 0 aliphatic carbocycles. The second-order valence-electron chi connectivity index (χ2n) is 5.31. The molecule has 2 aliphatic rings. The van der Waals surface area contributed by atoms with Gasteiger partial charge in [0.05, 0.1) is 6.04 Å². The minimum Gasteiger partial charge on any atom is -0.352 e. The third kappa shape index (κ3) is 2.29. The van der Waals surface area contributed by atoms with Gasteiger partial charge in [-0.05, 0) is 33.2 Å². The van der Waals surface area contributed by atoms with Crippen molar-refractivity contribution in [3.63, 3.8) is 0 Å². The monoisotopic (exact) mass is 239 g/mol. The van der Waals surface area contributed by atoms with Gasteiger partial charge in [0.2, 0.25) is 11.8 Å². The summed E-state index contributed by atoms with van der Waals surface area (Å²) in [5.74, 6) is 0.0115. The van der Waals surface area contributed by atoms with Crippen molar-refractivity contribution in [2.24, 2.45) is 0 Å². The highest BCUT2D eigenvalue weighted by Crippen LogP contribution is 2.20. The van der Waals surface area contributed by atoms with Crippen LogP contribution in [0.15, 0.2) is 0 Å². The van der Waals surface area contributed by atoms with Crippen LogP contribution in [0.1, 0.15) is 33.1 Å². The summed E-state index contributed by atoms with van der Waals surface area (Å²) in [5, 5.41) is 6.05. The van der Waals surface area contributed by atoms with E-state index in [0.29, 0.717) is 13.1 Å². The van der Waals surface area contributed by atoms with Crippen molar-refractivity contribution >= 4 is 11.8 Å². The molecule has 1 atom stereocenters.